The van der Waals surface area contributed by atoms with Gasteiger partial charge >= 0.3 is 0 Å². The first-order valence-electron chi connectivity index (χ1n) is 19.0. The highest BCUT2D eigenvalue weighted by Gasteiger charge is 2.55. The van der Waals surface area contributed by atoms with Gasteiger partial charge in [-0.3, -0.25) is 0 Å². The maximum Gasteiger partial charge on any atom is 0.141 e. The molecule has 0 atom stereocenters. The zero-order chi connectivity index (χ0) is 36.1. The maximum atomic E-state index is 7.07. The Morgan fingerprint density at radius 2 is 0.891 bits per heavy atom. The van der Waals surface area contributed by atoms with E-state index in [1.807, 2.05) is 0 Å². The Bertz CT molecular complexity index is 3060. The summed E-state index contributed by atoms with van der Waals surface area (Å²) in [5, 5.41) is 6.01. The van der Waals surface area contributed by atoms with Gasteiger partial charge in [-0.25, -0.2) is 0 Å². The Kier molecular flexibility index (Phi) is 6.29. The molecule has 2 aliphatic rings. The summed E-state index contributed by atoms with van der Waals surface area (Å²) in [7, 11) is 0. The molecule has 1 spiro atoms. The lowest BCUT2D eigenvalue weighted by Gasteiger charge is -2.31. The lowest BCUT2D eigenvalue weighted by Crippen LogP contribution is -2.25. The Labute approximate surface area is 319 Å². The predicted molar refractivity (Wildman–Crippen MR) is 228 cm³/mol. The van der Waals surface area contributed by atoms with Crippen molar-refractivity contribution in [1.29, 1.82) is 0 Å². The predicted octanol–water partition coefficient (Wildman–Crippen LogP) is 14.2. The molecule has 0 radical (unpaired) electrons. The number of rotatable bonds is 4. The number of hydrogen-bond acceptors (Lipinski definition) is 2. The Hall–Kier alpha value is -7.16. The molecule has 0 N–H and O–H groups in total. The van der Waals surface area contributed by atoms with Gasteiger partial charge in [0.25, 0.3) is 0 Å². The summed E-state index contributed by atoms with van der Waals surface area (Å²) < 4.78 is 7.07. The van der Waals surface area contributed by atoms with E-state index in [1.54, 1.807) is 0 Å². The zero-order valence-corrected chi connectivity index (χ0v) is 29.9. The summed E-state index contributed by atoms with van der Waals surface area (Å²) in [6, 6.07) is 73.1. The van der Waals surface area contributed by atoms with E-state index in [-0.39, 0.29) is 0 Å². The minimum absolute atomic E-state index is 0.522. The second kappa shape index (κ2) is 11.4. The van der Waals surface area contributed by atoms with E-state index in [0.717, 1.165) is 50.5 Å². The molecule has 1 heterocycles. The fourth-order valence-corrected chi connectivity index (χ4v) is 9.81. The van der Waals surface area contributed by atoms with Crippen LogP contribution in [0, 0.1) is 0 Å². The normalized spacial score (nSPS) is 13.2. The quantitative estimate of drug-likeness (QED) is 0.182. The summed E-state index contributed by atoms with van der Waals surface area (Å²) in [6.07, 6.45) is 0. The fraction of sp³-hybridized carbons (Fsp3) is 0.0189. The minimum atomic E-state index is -0.522. The number of benzene rings is 9. The lowest BCUT2D eigenvalue weighted by atomic mass is 9.70. The standard InChI is InChI=1S/C53H33NO/c1-3-16-36-32-38(30-28-34(36)14-1)54(39-31-29-35-15-2-4-17-37(35)33-39)48-26-11-7-20-42(48)43-22-13-25-47-50(43)52-51(44-21-8-12-27-49(44)55-52)53(47)45-23-9-5-18-40(45)41-19-6-10-24-46(41)53/h1-33H. The molecular formula is C53H33NO. The number of para-hydroxylation sites is 2. The first-order valence-corrected chi connectivity index (χ1v) is 19.0. The van der Waals surface area contributed by atoms with E-state index in [9.17, 15) is 0 Å². The molecule has 0 fully saturated rings. The Morgan fingerprint density at radius 3 is 1.56 bits per heavy atom. The molecule has 2 aliphatic carbocycles. The number of nitrogens with zero attached hydrogens (tertiary/aromatic N) is 1. The summed E-state index contributed by atoms with van der Waals surface area (Å²) in [5.41, 5.74) is 14.8. The molecule has 55 heavy (non-hydrogen) atoms. The second-order valence-corrected chi connectivity index (χ2v) is 14.8. The van der Waals surface area contributed by atoms with Gasteiger partial charge < -0.3 is 9.32 Å². The summed E-state index contributed by atoms with van der Waals surface area (Å²) in [5.74, 6) is 0.955. The second-order valence-electron chi connectivity index (χ2n) is 14.8. The lowest BCUT2D eigenvalue weighted by molar-refractivity contribution is 0.629. The van der Waals surface area contributed by atoms with E-state index >= 15 is 0 Å². The van der Waals surface area contributed by atoms with Gasteiger partial charge in [0, 0.05) is 33.5 Å². The summed E-state index contributed by atoms with van der Waals surface area (Å²) >= 11 is 0. The summed E-state index contributed by atoms with van der Waals surface area (Å²) in [4.78, 5) is 2.43. The van der Waals surface area contributed by atoms with Crippen LogP contribution in [0.1, 0.15) is 22.3 Å². The molecule has 2 heteroatoms. The van der Waals surface area contributed by atoms with Crippen LogP contribution >= 0.6 is 0 Å². The molecular weight excluding hydrogens is 667 g/mol. The van der Waals surface area contributed by atoms with Crippen LogP contribution < -0.4 is 4.90 Å². The van der Waals surface area contributed by atoms with Gasteiger partial charge in [-0.1, -0.05) is 164 Å². The van der Waals surface area contributed by atoms with Gasteiger partial charge in [-0.15, -0.1) is 0 Å². The molecule has 12 rings (SSSR count). The first kappa shape index (κ1) is 30.3. The van der Waals surface area contributed by atoms with Crippen LogP contribution in [0.25, 0.3) is 66.1 Å². The average molecular weight is 700 g/mol. The number of anilines is 3. The van der Waals surface area contributed by atoms with Crippen LogP contribution in [0.4, 0.5) is 17.1 Å². The van der Waals surface area contributed by atoms with Crippen LogP contribution in [0.2, 0.25) is 0 Å². The number of fused-ring (bicyclic) bond motifs is 14. The smallest absolute Gasteiger partial charge is 0.141 e. The van der Waals surface area contributed by atoms with E-state index in [0.29, 0.717) is 0 Å². The molecule has 9 aromatic carbocycles. The zero-order valence-electron chi connectivity index (χ0n) is 29.9. The van der Waals surface area contributed by atoms with Crippen molar-refractivity contribution in [2.75, 3.05) is 4.90 Å². The van der Waals surface area contributed by atoms with Crippen molar-refractivity contribution in [1.82, 2.24) is 0 Å². The fourth-order valence-electron chi connectivity index (χ4n) is 9.81. The number of hydrogen-bond donors (Lipinski definition) is 0. The molecule has 0 saturated heterocycles. The summed E-state index contributed by atoms with van der Waals surface area (Å²) in [6.45, 7) is 0. The van der Waals surface area contributed by atoms with Crippen molar-refractivity contribution >= 4 is 49.6 Å². The van der Waals surface area contributed by atoms with Crippen molar-refractivity contribution in [2.45, 2.75) is 5.41 Å². The highest BCUT2D eigenvalue weighted by molar-refractivity contribution is 6.07. The van der Waals surface area contributed by atoms with Gasteiger partial charge in [-0.05, 0) is 91.3 Å². The molecule has 0 bridgehead atoms. The van der Waals surface area contributed by atoms with Crippen molar-refractivity contribution < 1.29 is 4.42 Å². The van der Waals surface area contributed by atoms with E-state index in [2.05, 4.69) is 205 Å². The third kappa shape index (κ3) is 4.14. The Morgan fingerprint density at radius 1 is 0.382 bits per heavy atom. The van der Waals surface area contributed by atoms with Crippen molar-refractivity contribution in [3.8, 4) is 33.6 Å². The molecule has 0 unspecified atom stereocenters. The van der Waals surface area contributed by atoms with Crippen molar-refractivity contribution in [3.63, 3.8) is 0 Å². The van der Waals surface area contributed by atoms with Gasteiger partial charge in [-0.2, -0.15) is 0 Å². The SMILES string of the molecule is c1ccc(N(c2ccc3ccccc3c2)c2ccc3ccccc3c2)c(-c2cccc3c2-c2oc4ccccc4c2C32c3ccccc3-c3ccccc32)c1. The van der Waals surface area contributed by atoms with Gasteiger partial charge in [0.15, 0.2) is 0 Å². The van der Waals surface area contributed by atoms with Gasteiger partial charge in [0.05, 0.1) is 11.1 Å². The van der Waals surface area contributed by atoms with E-state index in [1.165, 1.54) is 54.9 Å². The van der Waals surface area contributed by atoms with Crippen LogP contribution in [0.15, 0.2) is 205 Å². The van der Waals surface area contributed by atoms with E-state index < -0.39 is 5.41 Å². The van der Waals surface area contributed by atoms with Gasteiger partial charge in [0.1, 0.15) is 11.3 Å². The van der Waals surface area contributed by atoms with Crippen LogP contribution in [0.5, 0.6) is 0 Å². The molecule has 2 nitrogen and oxygen atoms in total. The minimum Gasteiger partial charge on any atom is -0.456 e. The van der Waals surface area contributed by atoms with Crippen LogP contribution in [0.3, 0.4) is 0 Å². The van der Waals surface area contributed by atoms with Crippen LogP contribution in [-0.2, 0) is 5.41 Å². The van der Waals surface area contributed by atoms with Gasteiger partial charge in [0.2, 0.25) is 0 Å². The molecule has 0 saturated carbocycles. The molecule has 1 aromatic heterocycles. The first-order chi connectivity index (χ1) is 27.3. The largest absolute Gasteiger partial charge is 0.456 e. The monoisotopic (exact) mass is 699 g/mol. The third-order valence-corrected chi connectivity index (χ3v) is 12.0. The third-order valence-electron chi connectivity index (χ3n) is 12.0. The van der Waals surface area contributed by atoms with Crippen molar-refractivity contribution in [2.24, 2.45) is 0 Å². The Balaban J connectivity index is 1.17. The van der Waals surface area contributed by atoms with Crippen LogP contribution in [-0.4, -0.2) is 0 Å². The molecule has 0 aliphatic heterocycles. The highest BCUT2D eigenvalue weighted by Crippen LogP contribution is 2.66. The molecule has 10 aromatic rings. The van der Waals surface area contributed by atoms with E-state index in [4.69, 9.17) is 4.42 Å². The van der Waals surface area contributed by atoms with Crippen molar-refractivity contribution in [3.05, 3.63) is 222 Å². The number of furan rings is 1. The average Bonchev–Trinajstić information content (AvgIpc) is 3.87. The topological polar surface area (TPSA) is 16.4 Å². The highest BCUT2D eigenvalue weighted by atomic mass is 16.3. The maximum absolute atomic E-state index is 7.07. The molecule has 256 valence electrons. The molecule has 0 amide bonds.